The molecule has 0 fully saturated rings. The van der Waals surface area contributed by atoms with E-state index in [-0.39, 0.29) is 11.4 Å². The first-order chi connectivity index (χ1) is 14.0. The van der Waals surface area contributed by atoms with Crippen molar-refractivity contribution in [2.75, 3.05) is 12.4 Å². The van der Waals surface area contributed by atoms with Crippen molar-refractivity contribution >= 4 is 17.6 Å². The molecule has 0 bridgehead atoms. The summed E-state index contributed by atoms with van der Waals surface area (Å²) in [6, 6.07) is 16.8. The van der Waals surface area contributed by atoms with Crippen molar-refractivity contribution in [3.05, 3.63) is 72.1 Å². The fourth-order valence-electron chi connectivity index (χ4n) is 2.70. The Bertz CT molecular complexity index is 981. The molecule has 1 atom stereocenters. The van der Waals surface area contributed by atoms with Crippen LogP contribution in [0.5, 0.6) is 5.75 Å². The zero-order chi connectivity index (χ0) is 20.8. The van der Waals surface area contributed by atoms with Crippen molar-refractivity contribution < 1.29 is 19.1 Å². The monoisotopic (exact) mass is 393 g/mol. The van der Waals surface area contributed by atoms with Crippen LogP contribution in [-0.2, 0) is 16.0 Å². The normalized spacial score (nSPS) is 11.6. The highest BCUT2D eigenvalue weighted by Crippen LogP contribution is 2.21. The molecule has 0 radical (unpaired) electrons. The number of hydrogen-bond acceptors (Lipinski definition) is 5. The molecule has 7 heteroatoms. The van der Waals surface area contributed by atoms with Gasteiger partial charge in [-0.15, -0.1) is 0 Å². The van der Waals surface area contributed by atoms with Crippen molar-refractivity contribution in [1.82, 2.24) is 9.78 Å². The topological polar surface area (TPSA) is 82.5 Å². The number of rotatable bonds is 7. The van der Waals surface area contributed by atoms with Crippen molar-refractivity contribution in [2.45, 2.75) is 26.4 Å². The van der Waals surface area contributed by atoms with E-state index >= 15 is 0 Å². The Kier molecular flexibility index (Phi) is 6.29. The van der Waals surface area contributed by atoms with Gasteiger partial charge in [0.25, 0.3) is 5.91 Å². The average Bonchev–Trinajstić information content (AvgIpc) is 3.19. The maximum Gasteiger partial charge on any atom is 0.363 e. The maximum absolute atomic E-state index is 12.6. The Morgan fingerprint density at radius 1 is 1.10 bits per heavy atom. The van der Waals surface area contributed by atoms with E-state index in [0.29, 0.717) is 5.69 Å². The molecule has 3 rings (SSSR count). The van der Waals surface area contributed by atoms with Crippen LogP contribution in [0.1, 0.15) is 29.9 Å². The van der Waals surface area contributed by atoms with Gasteiger partial charge in [0.2, 0.25) is 5.69 Å². The average molecular weight is 393 g/mol. The van der Waals surface area contributed by atoms with E-state index in [1.807, 2.05) is 54.6 Å². The fraction of sp³-hybridized carbons (Fsp3) is 0.227. The molecule has 3 aromatic rings. The minimum atomic E-state index is -1.00. The molecule has 0 aliphatic rings. The van der Waals surface area contributed by atoms with Crippen LogP contribution in [0.15, 0.2) is 60.8 Å². The zero-order valence-electron chi connectivity index (χ0n) is 16.6. The van der Waals surface area contributed by atoms with E-state index in [1.165, 1.54) is 24.3 Å². The number of methoxy groups -OCH3 is 1. The zero-order valence-corrected chi connectivity index (χ0v) is 16.6. The minimum Gasteiger partial charge on any atom is -0.493 e. The Morgan fingerprint density at radius 2 is 1.79 bits per heavy atom. The predicted molar refractivity (Wildman–Crippen MR) is 109 cm³/mol. The third-order valence-electron chi connectivity index (χ3n) is 4.40. The van der Waals surface area contributed by atoms with Gasteiger partial charge >= 0.3 is 5.97 Å². The highest BCUT2D eigenvalue weighted by Gasteiger charge is 2.25. The Hall–Kier alpha value is -3.61. The lowest BCUT2D eigenvalue weighted by molar-refractivity contribution is -0.123. The molecule has 1 N–H and O–H groups in total. The molecular weight excluding hydrogens is 370 g/mol. The van der Waals surface area contributed by atoms with Crippen LogP contribution in [0.25, 0.3) is 5.69 Å². The van der Waals surface area contributed by atoms with Gasteiger partial charge in [-0.1, -0.05) is 37.3 Å². The first-order valence-electron chi connectivity index (χ1n) is 9.31. The highest BCUT2D eigenvalue weighted by atomic mass is 16.6. The first-order valence-corrected chi connectivity index (χ1v) is 9.31. The number of carbonyl (C=O) groups is 2. The van der Waals surface area contributed by atoms with Gasteiger partial charge in [0.1, 0.15) is 0 Å². The molecular formula is C22H23N3O4. The van der Waals surface area contributed by atoms with E-state index in [9.17, 15) is 9.59 Å². The SMILES string of the molecule is CCc1ccc(NC(=O)C(C)OC(=O)c2nn(-c3ccccc3)cc2OC)cc1. The quantitative estimate of drug-likeness (QED) is 0.620. The number of esters is 1. The maximum atomic E-state index is 12.6. The molecule has 1 aromatic heterocycles. The van der Waals surface area contributed by atoms with Gasteiger partial charge in [-0.2, -0.15) is 5.10 Å². The lowest BCUT2D eigenvalue weighted by Gasteiger charge is -2.13. The number of benzene rings is 2. The van der Waals surface area contributed by atoms with Gasteiger partial charge in [-0.05, 0) is 43.2 Å². The van der Waals surface area contributed by atoms with Crippen LogP contribution < -0.4 is 10.1 Å². The molecule has 1 heterocycles. The number of carbonyl (C=O) groups excluding carboxylic acids is 2. The van der Waals surface area contributed by atoms with E-state index < -0.39 is 18.0 Å². The van der Waals surface area contributed by atoms with Crippen LogP contribution in [0.3, 0.4) is 0 Å². The fourth-order valence-corrected chi connectivity index (χ4v) is 2.70. The molecule has 0 aliphatic carbocycles. The number of ether oxygens (including phenoxy) is 2. The summed E-state index contributed by atoms with van der Waals surface area (Å²) < 4.78 is 12.1. The molecule has 0 aliphatic heterocycles. The van der Waals surface area contributed by atoms with Crippen LogP contribution >= 0.6 is 0 Å². The summed E-state index contributed by atoms with van der Waals surface area (Å²) >= 11 is 0. The summed E-state index contributed by atoms with van der Waals surface area (Å²) in [6.45, 7) is 3.57. The molecule has 0 spiro atoms. The van der Waals surface area contributed by atoms with Gasteiger partial charge in [0, 0.05) is 5.69 Å². The number of nitrogens with one attached hydrogen (secondary N) is 1. The number of aryl methyl sites for hydroxylation is 1. The van der Waals surface area contributed by atoms with Crippen molar-refractivity contribution in [2.24, 2.45) is 0 Å². The van der Waals surface area contributed by atoms with Gasteiger partial charge in [-0.3, -0.25) is 4.79 Å². The van der Waals surface area contributed by atoms with Gasteiger partial charge in [-0.25, -0.2) is 9.48 Å². The minimum absolute atomic E-state index is 0.00306. The van der Waals surface area contributed by atoms with Gasteiger partial charge < -0.3 is 14.8 Å². The Morgan fingerprint density at radius 3 is 2.41 bits per heavy atom. The molecule has 29 heavy (non-hydrogen) atoms. The molecule has 2 aromatic carbocycles. The second-order valence-corrected chi connectivity index (χ2v) is 6.41. The van der Waals surface area contributed by atoms with Crippen LogP contribution in [-0.4, -0.2) is 34.9 Å². The summed E-state index contributed by atoms with van der Waals surface area (Å²) in [5.41, 5.74) is 2.58. The molecule has 150 valence electrons. The summed E-state index contributed by atoms with van der Waals surface area (Å²) in [5, 5.41) is 6.99. The molecule has 7 nitrogen and oxygen atoms in total. The van der Waals surface area contributed by atoms with E-state index in [4.69, 9.17) is 9.47 Å². The number of amides is 1. The van der Waals surface area contributed by atoms with Crippen LogP contribution in [0, 0.1) is 0 Å². The number of para-hydroxylation sites is 1. The second kappa shape index (κ2) is 9.05. The lowest BCUT2D eigenvalue weighted by Crippen LogP contribution is -2.30. The van der Waals surface area contributed by atoms with Gasteiger partial charge in [0.15, 0.2) is 11.9 Å². The summed E-state index contributed by atoms with van der Waals surface area (Å²) in [4.78, 5) is 24.9. The van der Waals surface area contributed by atoms with Crippen molar-refractivity contribution in [3.8, 4) is 11.4 Å². The van der Waals surface area contributed by atoms with Crippen molar-refractivity contribution in [3.63, 3.8) is 0 Å². The van der Waals surface area contributed by atoms with Gasteiger partial charge in [0.05, 0.1) is 19.0 Å². The standard InChI is InChI=1S/C22H23N3O4/c1-4-16-10-12-17(13-11-16)23-21(26)15(2)29-22(27)20-19(28-3)14-25(24-20)18-8-6-5-7-9-18/h5-15H,4H2,1-3H3,(H,23,26). The van der Waals surface area contributed by atoms with Crippen LogP contribution in [0.2, 0.25) is 0 Å². The van der Waals surface area contributed by atoms with Crippen LogP contribution in [0.4, 0.5) is 5.69 Å². The van der Waals surface area contributed by atoms with E-state index in [0.717, 1.165) is 12.1 Å². The molecule has 0 saturated carbocycles. The smallest absolute Gasteiger partial charge is 0.363 e. The van der Waals surface area contributed by atoms with E-state index in [2.05, 4.69) is 17.3 Å². The summed E-state index contributed by atoms with van der Waals surface area (Å²) in [7, 11) is 1.44. The molecule has 0 saturated heterocycles. The second-order valence-electron chi connectivity index (χ2n) is 6.41. The third-order valence-corrected chi connectivity index (χ3v) is 4.40. The summed E-state index contributed by atoms with van der Waals surface area (Å²) in [5.74, 6) is -0.897. The molecule has 1 amide bonds. The Labute approximate surface area is 169 Å². The number of aromatic nitrogens is 2. The van der Waals surface area contributed by atoms with Crippen molar-refractivity contribution in [1.29, 1.82) is 0 Å². The number of hydrogen-bond donors (Lipinski definition) is 1. The highest BCUT2D eigenvalue weighted by molar-refractivity contribution is 5.97. The largest absolute Gasteiger partial charge is 0.493 e. The third kappa shape index (κ3) is 4.82. The molecule has 1 unspecified atom stereocenters. The first kappa shape index (κ1) is 20.1. The predicted octanol–water partition coefficient (Wildman–Crippen LogP) is 3.63. The lowest BCUT2D eigenvalue weighted by atomic mass is 10.1. The summed E-state index contributed by atoms with van der Waals surface area (Å²) in [6.07, 6.45) is 1.51. The number of nitrogens with zero attached hydrogens (tertiary/aromatic N) is 2. The Balaban J connectivity index is 1.68. The van der Waals surface area contributed by atoms with E-state index in [1.54, 1.807) is 6.20 Å². The number of anilines is 1.